The Labute approximate surface area is 103 Å². The van der Waals surface area contributed by atoms with Crippen LogP contribution in [0.5, 0.6) is 5.75 Å². The van der Waals surface area contributed by atoms with E-state index in [2.05, 4.69) is 4.74 Å². The van der Waals surface area contributed by atoms with E-state index in [0.29, 0.717) is 6.42 Å². The molecule has 0 aliphatic rings. The van der Waals surface area contributed by atoms with E-state index in [1.165, 1.54) is 7.11 Å². The van der Waals surface area contributed by atoms with Gasteiger partial charge in [0.05, 0.1) is 7.11 Å². The number of hydrogen-bond acceptors (Lipinski definition) is 3. The predicted molar refractivity (Wildman–Crippen MR) is 61.5 cm³/mol. The van der Waals surface area contributed by atoms with Crippen molar-refractivity contribution in [2.75, 3.05) is 7.11 Å². The van der Waals surface area contributed by atoms with Crippen molar-refractivity contribution < 1.29 is 23.4 Å². The van der Waals surface area contributed by atoms with Crippen LogP contribution in [0, 0.1) is 11.6 Å². The molecule has 6 heteroatoms. The summed E-state index contributed by atoms with van der Waals surface area (Å²) in [5.41, 5.74) is 5.49. The molecule has 0 spiro atoms. The molecule has 0 amide bonds. The monoisotopic (exact) mass is 259 g/mol. The largest absolute Gasteiger partial charge is 0.494 e. The Morgan fingerprint density at radius 2 is 2.11 bits per heavy atom. The highest BCUT2D eigenvalue weighted by molar-refractivity contribution is 5.72. The number of carboxylic acids is 1. The van der Waals surface area contributed by atoms with E-state index in [4.69, 9.17) is 10.8 Å². The molecule has 1 aromatic rings. The molecule has 18 heavy (non-hydrogen) atoms. The second-order valence-electron chi connectivity index (χ2n) is 3.92. The molecule has 0 heterocycles. The van der Waals surface area contributed by atoms with Crippen molar-refractivity contribution in [2.24, 2.45) is 5.73 Å². The zero-order valence-electron chi connectivity index (χ0n) is 9.95. The Hall–Kier alpha value is -1.69. The zero-order chi connectivity index (χ0) is 13.7. The van der Waals surface area contributed by atoms with Gasteiger partial charge in [-0.1, -0.05) is 0 Å². The van der Waals surface area contributed by atoms with Gasteiger partial charge in [-0.05, 0) is 30.9 Å². The molecule has 0 aromatic heterocycles. The summed E-state index contributed by atoms with van der Waals surface area (Å²) >= 11 is 0. The first-order chi connectivity index (χ1) is 8.45. The van der Waals surface area contributed by atoms with Crippen molar-refractivity contribution in [2.45, 2.75) is 25.3 Å². The Balaban J connectivity index is 2.63. The van der Waals surface area contributed by atoms with Crippen LogP contribution in [0.3, 0.4) is 0 Å². The lowest BCUT2D eigenvalue weighted by Crippen LogP contribution is -2.29. The Bertz CT molecular complexity index is 438. The second kappa shape index (κ2) is 6.30. The maximum atomic E-state index is 13.5. The fraction of sp³-hybridized carbons (Fsp3) is 0.417. The summed E-state index contributed by atoms with van der Waals surface area (Å²) in [7, 11) is 1.25. The van der Waals surface area contributed by atoms with Gasteiger partial charge < -0.3 is 15.6 Å². The second-order valence-corrected chi connectivity index (χ2v) is 3.92. The highest BCUT2D eigenvalue weighted by atomic mass is 19.1. The maximum Gasteiger partial charge on any atom is 0.320 e. The minimum absolute atomic E-state index is 0.154. The normalized spacial score (nSPS) is 12.2. The summed E-state index contributed by atoms with van der Waals surface area (Å²) in [6.07, 6.45) is 0.812. The number of carboxylic acid groups (broad SMARTS) is 1. The molecule has 0 radical (unpaired) electrons. The molecule has 1 rings (SSSR count). The molecule has 4 nitrogen and oxygen atoms in total. The van der Waals surface area contributed by atoms with Crippen LogP contribution in [0.2, 0.25) is 0 Å². The number of hydrogen-bond donors (Lipinski definition) is 2. The van der Waals surface area contributed by atoms with Crippen LogP contribution in [0.25, 0.3) is 0 Å². The van der Waals surface area contributed by atoms with E-state index >= 15 is 0 Å². The third-order valence-corrected chi connectivity index (χ3v) is 2.60. The van der Waals surface area contributed by atoms with Crippen molar-refractivity contribution in [3.05, 3.63) is 29.3 Å². The van der Waals surface area contributed by atoms with Crippen LogP contribution in [0.15, 0.2) is 12.1 Å². The average Bonchev–Trinajstić information content (AvgIpc) is 2.32. The van der Waals surface area contributed by atoms with Gasteiger partial charge in [-0.25, -0.2) is 8.78 Å². The Morgan fingerprint density at radius 1 is 1.44 bits per heavy atom. The minimum atomic E-state index is -1.10. The van der Waals surface area contributed by atoms with Gasteiger partial charge in [-0.15, -0.1) is 0 Å². The number of aryl methyl sites for hydroxylation is 1. The van der Waals surface area contributed by atoms with Crippen LogP contribution in [-0.4, -0.2) is 24.2 Å². The summed E-state index contributed by atoms with van der Waals surface area (Å²) in [6.45, 7) is 0. The van der Waals surface area contributed by atoms with Gasteiger partial charge in [0.2, 0.25) is 0 Å². The van der Waals surface area contributed by atoms with E-state index in [-0.39, 0.29) is 24.2 Å². The molecule has 3 N–H and O–H groups in total. The van der Waals surface area contributed by atoms with Gasteiger partial charge in [-0.3, -0.25) is 4.79 Å². The van der Waals surface area contributed by atoms with E-state index in [9.17, 15) is 13.6 Å². The lowest BCUT2D eigenvalue weighted by molar-refractivity contribution is -0.138. The third-order valence-electron chi connectivity index (χ3n) is 2.60. The molecule has 0 aliphatic carbocycles. The predicted octanol–water partition coefficient (Wildman–Crippen LogP) is 1.71. The molecule has 0 bridgehead atoms. The van der Waals surface area contributed by atoms with Crippen LogP contribution in [0.1, 0.15) is 18.4 Å². The van der Waals surface area contributed by atoms with Crippen molar-refractivity contribution in [3.63, 3.8) is 0 Å². The number of aliphatic carboxylic acids is 1. The van der Waals surface area contributed by atoms with Crippen molar-refractivity contribution in [1.29, 1.82) is 0 Å². The first kappa shape index (κ1) is 14.4. The summed E-state index contributed by atoms with van der Waals surface area (Å²) in [6, 6.07) is 1.05. The van der Waals surface area contributed by atoms with Crippen molar-refractivity contribution in [1.82, 2.24) is 0 Å². The first-order valence-electron chi connectivity index (χ1n) is 5.46. The first-order valence-corrected chi connectivity index (χ1v) is 5.46. The van der Waals surface area contributed by atoms with E-state index in [1.54, 1.807) is 0 Å². The number of rotatable bonds is 6. The molecule has 0 aliphatic heterocycles. The average molecular weight is 259 g/mol. The summed E-state index contributed by atoms with van der Waals surface area (Å²) in [5.74, 6) is -2.47. The SMILES string of the molecule is COc1cc(F)c(CCCC(N)C(=O)O)cc1F. The molecule has 0 saturated heterocycles. The molecular weight excluding hydrogens is 244 g/mol. The van der Waals surface area contributed by atoms with E-state index < -0.39 is 23.6 Å². The molecule has 100 valence electrons. The molecule has 1 atom stereocenters. The van der Waals surface area contributed by atoms with Crippen LogP contribution in [0.4, 0.5) is 8.78 Å². The van der Waals surface area contributed by atoms with E-state index in [0.717, 1.165) is 12.1 Å². The smallest absolute Gasteiger partial charge is 0.320 e. The minimum Gasteiger partial charge on any atom is -0.494 e. The van der Waals surface area contributed by atoms with Crippen LogP contribution < -0.4 is 10.5 Å². The molecule has 0 fully saturated rings. The number of carbonyl (C=O) groups is 1. The molecule has 1 aromatic carbocycles. The lowest BCUT2D eigenvalue weighted by Gasteiger charge is -2.08. The van der Waals surface area contributed by atoms with Gasteiger partial charge in [-0.2, -0.15) is 0 Å². The molecule has 1 unspecified atom stereocenters. The quantitative estimate of drug-likeness (QED) is 0.815. The van der Waals surface area contributed by atoms with Crippen LogP contribution in [-0.2, 0) is 11.2 Å². The summed E-state index contributed by atoms with van der Waals surface area (Å²) in [5, 5.41) is 8.57. The van der Waals surface area contributed by atoms with E-state index in [1.807, 2.05) is 0 Å². The van der Waals surface area contributed by atoms with Gasteiger partial charge in [0.25, 0.3) is 0 Å². The standard InChI is InChI=1S/C12H15F2NO3/c1-18-11-6-8(13)7(5-9(11)14)3-2-4-10(15)12(16)17/h5-6,10H,2-4,15H2,1H3,(H,16,17). The topological polar surface area (TPSA) is 72.5 Å². The Kier molecular flexibility index (Phi) is 5.03. The number of benzene rings is 1. The number of nitrogens with two attached hydrogens (primary N) is 1. The van der Waals surface area contributed by atoms with Crippen molar-refractivity contribution >= 4 is 5.97 Å². The fourth-order valence-electron chi connectivity index (χ4n) is 1.55. The molecule has 0 saturated carbocycles. The van der Waals surface area contributed by atoms with Gasteiger partial charge >= 0.3 is 5.97 Å². The number of halogens is 2. The highest BCUT2D eigenvalue weighted by Gasteiger charge is 2.13. The fourth-order valence-corrected chi connectivity index (χ4v) is 1.55. The third kappa shape index (κ3) is 3.66. The zero-order valence-corrected chi connectivity index (χ0v) is 9.95. The molecular formula is C12H15F2NO3. The number of ether oxygens (including phenoxy) is 1. The number of methoxy groups -OCH3 is 1. The highest BCUT2D eigenvalue weighted by Crippen LogP contribution is 2.22. The summed E-state index contributed by atoms with van der Waals surface area (Å²) < 4.78 is 31.5. The Morgan fingerprint density at radius 3 is 2.67 bits per heavy atom. The maximum absolute atomic E-state index is 13.5. The van der Waals surface area contributed by atoms with Gasteiger partial charge in [0.15, 0.2) is 11.6 Å². The van der Waals surface area contributed by atoms with Gasteiger partial charge in [0.1, 0.15) is 11.9 Å². The van der Waals surface area contributed by atoms with Gasteiger partial charge in [0, 0.05) is 6.07 Å². The lowest BCUT2D eigenvalue weighted by atomic mass is 10.0. The summed E-state index contributed by atoms with van der Waals surface area (Å²) in [4.78, 5) is 10.5. The van der Waals surface area contributed by atoms with Crippen LogP contribution >= 0.6 is 0 Å². The van der Waals surface area contributed by atoms with Crippen molar-refractivity contribution in [3.8, 4) is 5.75 Å².